The molecule has 0 saturated carbocycles. The van der Waals surface area contributed by atoms with Gasteiger partial charge in [0.05, 0.1) is 23.5 Å². The fourth-order valence-corrected chi connectivity index (χ4v) is 2.92. The number of rotatable bonds is 7. The van der Waals surface area contributed by atoms with Gasteiger partial charge in [-0.25, -0.2) is 4.68 Å². The number of carbonyl (C=O) groups is 1. The van der Waals surface area contributed by atoms with Crippen molar-refractivity contribution in [3.05, 3.63) is 95.5 Å². The molecular formula is C21H18ClN5O2. The first-order chi connectivity index (χ1) is 14.2. The number of benzene rings is 2. The average Bonchev–Trinajstić information content (AvgIpc) is 3.38. The summed E-state index contributed by atoms with van der Waals surface area (Å²) in [4.78, 5) is 12.4. The van der Waals surface area contributed by atoms with Crippen LogP contribution in [0.15, 0.2) is 79.3 Å². The predicted octanol–water partition coefficient (Wildman–Crippen LogP) is 4.07. The molecular weight excluding hydrogens is 390 g/mol. The summed E-state index contributed by atoms with van der Waals surface area (Å²) in [5, 5.41) is 11.8. The Labute approximate surface area is 172 Å². The Hall–Kier alpha value is -3.58. The molecule has 0 unspecified atom stereocenters. The van der Waals surface area contributed by atoms with Crippen LogP contribution in [0.2, 0.25) is 5.02 Å². The molecule has 0 aliphatic rings. The second-order valence-electron chi connectivity index (χ2n) is 6.31. The van der Waals surface area contributed by atoms with Crippen LogP contribution in [-0.2, 0) is 13.3 Å². The van der Waals surface area contributed by atoms with Crippen molar-refractivity contribution in [2.75, 3.05) is 5.32 Å². The van der Waals surface area contributed by atoms with Crippen LogP contribution in [0.25, 0.3) is 0 Å². The van der Waals surface area contributed by atoms with E-state index in [1.165, 1.54) is 4.68 Å². The van der Waals surface area contributed by atoms with Gasteiger partial charge >= 0.3 is 0 Å². The highest BCUT2D eigenvalue weighted by Gasteiger charge is 2.11. The van der Waals surface area contributed by atoms with Crippen LogP contribution in [0.5, 0.6) is 5.75 Å². The Bertz CT molecular complexity index is 1110. The number of nitrogens with zero attached hydrogens (tertiary/aromatic N) is 4. The molecule has 146 valence electrons. The number of aromatic nitrogens is 4. The lowest BCUT2D eigenvalue weighted by molar-refractivity contribution is 0.102. The average molecular weight is 408 g/mol. The van der Waals surface area contributed by atoms with E-state index in [2.05, 4.69) is 15.5 Å². The first-order valence-electron chi connectivity index (χ1n) is 8.96. The minimum absolute atomic E-state index is 0.145. The summed E-state index contributed by atoms with van der Waals surface area (Å²) in [7, 11) is 0. The van der Waals surface area contributed by atoms with Crippen molar-refractivity contribution in [3.8, 4) is 5.75 Å². The number of carbonyl (C=O) groups excluding carboxylic acids is 1. The zero-order valence-electron chi connectivity index (χ0n) is 15.4. The highest BCUT2D eigenvalue weighted by Crippen LogP contribution is 2.23. The van der Waals surface area contributed by atoms with Gasteiger partial charge in [0.15, 0.2) is 12.4 Å². The van der Waals surface area contributed by atoms with Gasteiger partial charge in [0.1, 0.15) is 5.75 Å². The van der Waals surface area contributed by atoms with E-state index in [1.54, 1.807) is 41.5 Å². The van der Waals surface area contributed by atoms with E-state index in [9.17, 15) is 4.79 Å². The number of halogens is 1. The molecule has 2 heterocycles. The molecule has 4 aromatic rings. The maximum Gasteiger partial charge on any atom is 0.276 e. The number of hydrogen-bond donors (Lipinski definition) is 1. The second-order valence-corrected chi connectivity index (χ2v) is 6.72. The van der Waals surface area contributed by atoms with Crippen LogP contribution in [0.4, 0.5) is 5.69 Å². The molecule has 1 amide bonds. The molecule has 0 saturated heterocycles. The predicted molar refractivity (Wildman–Crippen MR) is 110 cm³/mol. The molecule has 2 aromatic carbocycles. The third kappa shape index (κ3) is 4.83. The summed E-state index contributed by atoms with van der Waals surface area (Å²) in [6, 6.07) is 18.8. The largest absolute Gasteiger partial charge is 0.470 e. The summed E-state index contributed by atoms with van der Waals surface area (Å²) in [6.07, 6.45) is 5.06. The first-order valence-corrected chi connectivity index (χ1v) is 9.34. The summed E-state index contributed by atoms with van der Waals surface area (Å²) >= 11 is 6.06. The minimum Gasteiger partial charge on any atom is -0.470 e. The lowest BCUT2D eigenvalue weighted by Crippen LogP contribution is -2.14. The van der Waals surface area contributed by atoms with Crippen LogP contribution in [0.1, 0.15) is 16.1 Å². The van der Waals surface area contributed by atoms with E-state index in [-0.39, 0.29) is 18.3 Å². The maximum atomic E-state index is 12.4. The Morgan fingerprint density at radius 2 is 1.83 bits per heavy atom. The van der Waals surface area contributed by atoms with Crippen LogP contribution < -0.4 is 10.1 Å². The molecule has 0 fully saturated rings. The Balaban J connectivity index is 1.34. The second kappa shape index (κ2) is 8.62. The van der Waals surface area contributed by atoms with Crippen LogP contribution in [0.3, 0.4) is 0 Å². The van der Waals surface area contributed by atoms with Crippen molar-refractivity contribution in [1.29, 1.82) is 0 Å². The summed E-state index contributed by atoms with van der Waals surface area (Å²) in [5.41, 5.74) is 2.02. The zero-order valence-corrected chi connectivity index (χ0v) is 16.2. The molecule has 0 atom stereocenters. The topological polar surface area (TPSA) is 74.0 Å². The van der Waals surface area contributed by atoms with Crippen molar-refractivity contribution >= 4 is 23.2 Å². The zero-order chi connectivity index (χ0) is 20.1. The van der Waals surface area contributed by atoms with Crippen molar-refractivity contribution in [2.24, 2.45) is 0 Å². The van der Waals surface area contributed by atoms with E-state index in [0.717, 1.165) is 5.56 Å². The van der Waals surface area contributed by atoms with Gasteiger partial charge in [0.25, 0.3) is 5.91 Å². The molecule has 0 aliphatic carbocycles. The van der Waals surface area contributed by atoms with E-state index in [0.29, 0.717) is 23.0 Å². The standard InChI is InChI=1S/C21H18ClN5O2/c22-18-8-4-5-9-20(18)29-15-26-11-10-19(25-26)21(28)24-17-12-23-27(14-17)13-16-6-2-1-3-7-16/h1-12,14H,13,15H2,(H,24,28). The van der Waals surface area contributed by atoms with Gasteiger partial charge in [0, 0.05) is 12.4 Å². The quantitative estimate of drug-likeness (QED) is 0.501. The SMILES string of the molecule is O=C(Nc1cnn(Cc2ccccc2)c1)c1ccn(COc2ccccc2Cl)n1. The smallest absolute Gasteiger partial charge is 0.276 e. The van der Waals surface area contributed by atoms with E-state index < -0.39 is 0 Å². The van der Waals surface area contributed by atoms with Gasteiger partial charge in [-0.3, -0.25) is 9.48 Å². The molecule has 1 N–H and O–H groups in total. The molecule has 29 heavy (non-hydrogen) atoms. The van der Waals surface area contributed by atoms with E-state index in [1.807, 2.05) is 42.5 Å². The number of ether oxygens (including phenoxy) is 1. The monoisotopic (exact) mass is 407 g/mol. The normalized spacial score (nSPS) is 10.7. The number of para-hydroxylation sites is 1. The Morgan fingerprint density at radius 1 is 1.03 bits per heavy atom. The number of amides is 1. The van der Waals surface area contributed by atoms with Crippen LogP contribution in [-0.4, -0.2) is 25.5 Å². The van der Waals surface area contributed by atoms with Gasteiger partial charge in [-0.2, -0.15) is 10.2 Å². The molecule has 4 rings (SSSR count). The van der Waals surface area contributed by atoms with Crippen molar-refractivity contribution in [3.63, 3.8) is 0 Å². The number of anilines is 1. The lowest BCUT2D eigenvalue weighted by atomic mass is 10.2. The molecule has 0 spiro atoms. The molecule has 2 aromatic heterocycles. The van der Waals surface area contributed by atoms with Crippen LogP contribution >= 0.6 is 11.6 Å². The fraction of sp³-hybridized carbons (Fsp3) is 0.0952. The van der Waals surface area contributed by atoms with Gasteiger partial charge < -0.3 is 10.1 Å². The van der Waals surface area contributed by atoms with E-state index in [4.69, 9.17) is 16.3 Å². The summed E-state index contributed by atoms with van der Waals surface area (Å²) in [6.45, 7) is 0.775. The summed E-state index contributed by atoms with van der Waals surface area (Å²) < 4.78 is 8.91. The molecule has 7 nitrogen and oxygen atoms in total. The maximum absolute atomic E-state index is 12.4. The number of nitrogens with one attached hydrogen (secondary N) is 1. The molecule has 0 radical (unpaired) electrons. The highest BCUT2D eigenvalue weighted by atomic mass is 35.5. The third-order valence-corrected chi connectivity index (χ3v) is 4.45. The molecule has 8 heteroatoms. The van der Waals surface area contributed by atoms with Gasteiger partial charge in [0.2, 0.25) is 0 Å². The van der Waals surface area contributed by atoms with Crippen molar-refractivity contribution in [1.82, 2.24) is 19.6 Å². The van der Waals surface area contributed by atoms with Crippen molar-refractivity contribution < 1.29 is 9.53 Å². The molecule has 0 aliphatic heterocycles. The lowest BCUT2D eigenvalue weighted by Gasteiger charge is -2.07. The third-order valence-electron chi connectivity index (χ3n) is 4.14. The van der Waals surface area contributed by atoms with Gasteiger partial charge in [-0.15, -0.1) is 0 Å². The highest BCUT2D eigenvalue weighted by molar-refractivity contribution is 6.32. The van der Waals surface area contributed by atoms with Crippen LogP contribution in [0, 0.1) is 0 Å². The fourth-order valence-electron chi connectivity index (χ4n) is 2.73. The Kier molecular flexibility index (Phi) is 5.58. The first kappa shape index (κ1) is 18.8. The number of hydrogen-bond acceptors (Lipinski definition) is 4. The summed E-state index contributed by atoms with van der Waals surface area (Å²) in [5.74, 6) is 0.238. The van der Waals surface area contributed by atoms with Gasteiger partial charge in [-0.1, -0.05) is 54.1 Å². The van der Waals surface area contributed by atoms with Gasteiger partial charge in [-0.05, 0) is 23.8 Å². The van der Waals surface area contributed by atoms with E-state index >= 15 is 0 Å². The minimum atomic E-state index is -0.319. The molecule has 0 bridgehead atoms. The Morgan fingerprint density at radius 3 is 2.66 bits per heavy atom. The van der Waals surface area contributed by atoms with Crippen molar-refractivity contribution in [2.45, 2.75) is 13.3 Å².